The normalized spacial score (nSPS) is 11.8. The number of thiazole rings is 1. The van der Waals surface area contributed by atoms with Crippen LogP contribution >= 0.6 is 11.3 Å². The molecular formula is C17H19N3O3S. The molecule has 6 nitrogen and oxygen atoms in total. The minimum absolute atomic E-state index is 0.0266. The number of nitriles is 1. The van der Waals surface area contributed by atoms with Gasteiger partial charge in [-0.15, -0.1) is 11.3 Å². The van der Waals surface area contributed by atoms with Crippen molar-refractivity contribution in [2.24, 2.45) is 0 Å². The Kier molecular flexibility index (Phi) is 6.73. The molecule has 0 saturated carbocycles. The number of fused-ring (bicyclic) bond motifs is 1. The number of nitrogens with zero attached hydrogens (tertiary/aromatic N) is 2. The Hall–Kier alpha value is -2.43. The Morgan fingerprint density at radius 1 is 1.29 bits per heavy atom. The molecule has 0 aliphatic rings. The van der Waals surface area contributed by atoms with Crippen molar-refractivity contribution in [3.8, 4) is 6.07 Å². The summed E-state index contributed by atoms with van der Waals surface area (Å²) in [7, 11) is 0. The van der Waals surface area contributed by atoms with E-state index in [4.69, 9.17) is 10.2 Å². The number of aliphatic carboxylic acids is 1. The number of carbonyl (C=O) groups is 1. The Labute approximate surface area is 144 Å². The highest BCUT2D eigenvalue weighted by Gasteiger charge is 2.14. The van der Waals surface area contributed by atoms with Crippen molar-refractivity contribution in [2.75, 3.05) is 13.2 Å². The van der Waals surface area contributed by atoms with Gasteiger partial charge in [-0.2, -0.15) is 5.26 Å². The molecule has 126 valence electrons. The van der Waals surface area contributed by atoms with Crippen molar-refractivity contribution < 1.29 is 15.0 Å². The van der Waals surface area contributed by atoms with E-state index in [9.17, 15) is 10.1 Å². The Morgan fingerprint density at radius 2 is 2.08 bits per heavy atom. The standard InChI is InChI=1S/C17H19N3O3S/c18-11-12(17-20-14-5-1-2-7-15(14)24-17)13(6-4-10-21)19-9-3-8-16(22)23/h1-2,5,7,19,21H,3-4,6,8-10H2,(H,22,23)/b13-12-. The van der Waals surface area contributed by atoms with Gasteiger partial charge in [-0.25, -0.2) is 4.98 Å². The van der Waals surface area contributed by atoms with Crippen LogP contribution < -0.4 is 5.32 Å². The number of carboxylic acid groups (broad SMARTS) is 1. The quantitative estimate of drug-likeness (QED) is 0.476. The molecule has 2 aromatic rings. The number of allylic oxidation sites excluding steroid dienone is 2. The molecule has 7 heteroatoms. The van der Waals surface area contributed by atoms with Gasteiger partial charge < -0.3 is 15.5 Å². The first-order valence-corrected chi connectivity index (χ1v) is 8.53. The maximum atomic E-state index is 10.6. The molecule has 0 unspecified atom stereocenters. The van der Waals surface area contributed by atoms with E-state index >= 15 is 0 Å². The van der Waals surface area contributed by atoms with E-state index in [0.717, 1.165) is 10.2 Å². The van der Waals surface area contributed by atoms with E-state index < -0.39 is 5.97 Å². The lowest BCUT2D eigenvalue weighted by Crippen LogP contribution is -2.18. The van der Waals surface area contributed by atoms with Crippen LogP contribution in [0.2, 0.25) is 0 Å². The molecule has 0 radical (unpaired) electrons. The highest BCUT2D eigenvalue weighted by molar-refractivity contribution is 7.19. The molecule has 0 spiro atoms. The SMILES string of the molecule is N#C/C(=C(\CCCO)NCCCC(=O)O)c1nc2ccccc2s1. The van der Waals surface area contributed by atoms with Gasteiger partial charge in [-0.05, 0) is 31.4 Å². The van der Waals surface area contributed by atoms with Gasteiger partial charge >= 0.3 is 5.97 Å². The monoisotopic (exact) mass is 345 g/mol. The van der Waals surface area contributed by atoms with Gasteiger partial charge in [0.1, 0.15) is 16.6 Å². The molecule has 1 aromatic carbocycles. The number of aliphatic hydroxyl groups is 1. The highest BCUT2D eigenvalue weighted by atomic mass is 32.1. The first-order valence-electron chi connectivity index (χ1n) is 7.71. The predicted octanol–water partition coefficient (Wildman–Crippen LogP) is 2.76. The lowest BCUT2D eigenvalue weighted by atomic mass is 10.1. The molecule has 0 saturated heterocycles. The average molecular weight is 345 g/mol. The number of nitrogens with one attached hydrogen (secondary N) is 1. The number of hydrogen-bond acceptors (Lipinski definition) is 6. The summed E-state index contributed by atoms with van der Waals surface area (Å²) in [6.07, 6.45) is 1.58. The molecule has 0 bridgehead atoms. The molecule has 3 N–H and O–H groups in total. The van der Waals surface area contributed by atoms with Gasteiger partial charge in [0.25, 0.3) is 0 Å². The van der Waals surface area contributed by atoms with Crippen LogP contribution in [-0.2, 0) is 4.79 Å². The smallest absolute Gasteiger partial charge is 0.303 e. The second-order valence-corrected chi connectivity index (χ2v) is 6.23. The fourth-order valence-electron chi connectivity index (χ4n) is 2.26. The zero-order chi connectivity index (χ0) is 17.4. The Bertz CT molecular complexity index is 744. The number of para-hydroxylation sites is 1. The Balaban J connectivity index is 2.25. The van der Waals surface area contributed by atoms with Crippen molar-refractivity contribution in [3.05, 3.63) is 35.0 Å². The zero-order valence-corrected chi connectivity index (χ0v) is 14.0. The molecule has 2 rings (SSSR count). The largest absolute Gasteiger partial charge is 0.481 e. The summed E-state index contributed by atoms with van der Waals surface area (Å²) < 4.78 is 1.01. The third-order valence-corrected chi connectivity index (χ3v) is 4.47. The van der Waals surface area contributed by atoms with Gasteiger partial charge in [0.15, 0.2) is 0 Å². The molecule has 0 amide bonds. The molecule has 0 fully saturated rings. The number of hydrogen-bond donors (Lipinski definition) is 3. The van der Waals surface area contributed by atoms with Crippen LogP contribution in [0.25, 0.3) is 15.8 Å². The second kappa shape index (κ2) is 9.01. The average Bonchev–Trinajstić information content (AvgIpc) is 2.99. The van der Waals surface area contributed by atoms with Gasteiger partial charge in [-0.3, -0.25) is 4.79 Å². The summed E-state index contributed by atoms with van der Waals surface area (Å²) in [6, 6.07) is 9.89. The number of aliphatic hydroxyl groups excluding tert-OH is 1. The molecule has 24 heavy (non-hydrogen) atoms. The van der Waals surface area contributed by atoms with E-state index in [1.54, 1.807) is 0 Å². The zero-order valence-electron chi connectivity index (χ0n) is 13.2. The van der Waals surface area contributed by atoms with Crippen LogP contribution in [0.3, 0.4) is 0 Å². The van der Waals surface area contributed by atoms with E-state index in [1.165, 1.54) is 11.3 Å². The fourth-order valence-corrected chi connectivity index (χ4v) is 3.25. The minimum Gasteiger partial charge on any atom is -0.481 e. The summed E-state index contributed by atoms with van der Waals surface area (Å²) in [5.41, 5.74) is 2.01. The first-order chi connectivity index (χ1) is 11.7. The van der Waals surface area contributed by atoms with Gasteiger partial charge in [-0.1, -0.05) is 12.1 Å². The number of rotatable bonds is 9. The van der Waals surface area contributed by atoms with Crippen LogP contribution in [0.4, 0.5) is 0 Å². The minimum atomic E-state index is -0.843. The Morgan fingerprint density at radius 3 is 2.75 bits per heavy atom. The first kappa shape index (κ1) is 17.9. The van der Waals surface area contributed by atoms with Gasteiger partial charge in [0.05, 0.1) is 10.2 Å². The van der Waals surface area contributed by atoms with Crippen LogP contribution in [0.15, 0.2) is 30.0 Å². The molecule has 1 heterocycles. The lowest BCUT2D eigenvalue weighted by Gasteiger charge is -2.12. The van der Waals surface area contributed by atoms with Crippen LogP contribution in [0.5, 0.6) is 0 Å². The van der Waals surface area contributed by atoms with Crippen LogP contribution in [-0.4, -0.2) is 34.3 Å². The van der Waals surface area contributed by atoms with E-state index in [2.05, 4.69) is 16.4 Å². The van der Waals surface area contributed by atoms with Crippen molar-refractivity contribution >= 4 is 33.1 Å². The van der Waals surface area contributed by atoms with Crippen LogP contribution in [0, 0.1) is 11.3 Å². The molecule has 0 aliphatic carbocycles. The third kappa shape index (κ3) is 4.78. The molecular weight excluding hydrogens is 326 g/mol. The molecule has 1 aromatic heterocycles. The summed E-state index contributed by atoms with van der Waals surface area (Å²) in [6.45, 7) is 0.488. The fraction of sp³-hybridized carbons (Fsp3) is 0.353. The topological polar surface area (TPSA) is 106 Å². The molecule has 0 aliphatic heterocycles. The van der Waals surface area contributed by atoms with Crippen molar-refractivity contribution in [2.45, 2.75) is 25.7 Å². The van der Waals surface area contributed by atoms with E-state index in [0.29, 0.717) is 42.1 Å². The van der Waals surface area contributed by atoms with Gasteiger partial charge in [0, 0.05) is 25.3 Å². The van der Waals surface area contributed by atoms with E-state index in [-0.39, 0.29) is 13.0 Å². The maximum Gasteiger partial charge on any atom is 0.303 e. The molecule has 0 atom stereocenters. The summed E-state index contributed by atoms with van der Waals surface area (Å²) in [4.78, 5) is 15.1. The number of carboxylic acids is 1. The second-order valence-electron chi connectivity index (χ2n) is 5.20. The van der Waals surface area contributed by atoms with E-state index in [1.807, 2.05) is 24.3 Å². The highest BCUT2D eigenvalue weighted by Crippen LogP contribution is 2.29. The van der Waals surface area contributed by atoms with Crippen molar-refractivity contribution in [1.82, 2.24) is 10.3 Å². The van der Waals surface area contributed by atoms with Crippen molar-refractivity contribution in [3.63, 3.8) is 0 Å². The summed E-state index contributed by atoms with van der Waals surface area (Å²) in [5, 5.41) is 31.1. The number of benzene rings is 1. The lowest BCUT2D eigenvalue weighted by molar-refractivity contribution is -0.137. The van der Waals surface area contributed by atoms with Crippen molar-refractivity contribution in [1.29, 1.82) is 5.26 Å². The number of aromatic nitrogens is 1. The summed E-state index contributed by atoms with van der Waals surface area (Å²) >= 11 is 1.45. The third-order valence-electron chi connectivity index (χ3n) is 3.41. The van der Waals surface area contributed by atoms with Crippen LogP contribution in [0.1, 0.15) is 30.7 Å². The maximum absolute atomic E-state index is 10.6. The van der Waals surface area contributed by atoms with Gasteiger partial charge in [0.2, 0.25) is 0 Å². The predicted molar refractivity (Wildman–Crippen MR) is 93.3 cm³/mol. The summed E-state index contributed by atoms with van der Waals surface area (Å²) in [5.74, 6) is -0.843.